The van der Waals surface area contributed by atoms with E-state index >= 15 is 0 Å². The Hall–Kier alpha value is -1.83. The van der Waals surface area contributed by atoms with Crippen LogP contribution in [0.3, 0.4) is 0 Å². The molecule has 0 aliphatic rings. The van der Waals surface area contributed by atoms with E-state index in [4.69, 9.17) is 4.42 Å². The lowest BCUT2D eigenvalue weighted by Crippen LogP contribution is -1.80. The van der Waals surface area contributed by atoms with Gasteiger partial charge in [0.15, 0.2) is 12.2 Å². The highest BCUT2D eigenvalue weighted by Gasteiger charge is 1.99. The molecule has 2 nitrogen and oxygen atoms in total. The van der Waals surface area contributed by atoms with Gasteiger partial charge >= 0.3 is 0 Å². The molecule has 0 aliphatic heterocycles. The molecule has 0 amide bonds. The van der Waals surface area contributed by atoms with Crippen LogP contribution in [-0.2, 0) is 6.42 Å². The Morgan fingerprint density at radius 2 is 2.07 bits per heavy atom. The predicted octanol–water partition coefficient (Wildman–Crippen LogP) is 3.07. The van der Waals surface area contributed by atoms with Gasteiger partial charge in [-0.25, -0.2) is 4.98 Å². The van der Waals surface area contributed by atoms with Crippen LogP contribution >= 0.6 is 0 Å². The molecule has 0 spiro atoms. The van der Waals surface area contributed by atoms with Crippen molar-refractivity contribution < 1.29 is 4.42 Å². The molecule has 0 bridgehead atoms. The van der Waals surface area contributed by atoms with Crippen LogP contribution in [0.5, 0.6) is 0 Å². The number of hydrogen-bond acceptors (Lipinski definition) is 2. The van der Waals surface area contributed by atoms with Crippen LogP contribution in [0.15, 0.2) is 53.9 Å². The molecule has 2 aromatic rings. The fourth-order valence-corrected chi connectivity index (χ4v) is 1.33. The van der Waals surface area contributed by atoms with Crippen molar-refractivity contribution in [2.75, 3.05) is 0 Å². The summed E-state index contributed by atoms with van der Waals surface area (Å²) in [5.41, 5.74) is 2.30. The third kappa shape index (κ3) is 1.74. The second kappa shape index (κ2) is 3.92. The van der Waals surface area contributed by atoms with Gasteiger partial charge in [-0.15, -0.1) is 6.58 Å². The molecule has 0 fully saturated rings. The van der Waals surface area contributed by atoms with Crippen LogP contribution in [0.1, 0.15) is 5.56 Å². The Kier molecular flexibility index (Phi) is 2.45. The van der Waals surface area contributed by atoms with Crippen LogP contribution in [-0.4, -0.2) is 4.98 Å². The molecule has 2 rings (SSSR count). The van der Waals surface area contributed by atoms with Crippen LogP contribution in [0.25, 0.3) is 11.3 Å². The molecule has 1 aromatic heterocycles. The Labute approximate surface area is 82.9 Å². The van der Waals surface area contributed by atoms with Gasteiger partial charge in [-0.3, -0.25) is 0 Å². The number of aromatic nitrogens is 1. The zero-order valence-corrected chi connectivity index (χ0v) is 7.81. The lowest BCUT2D eigenvalue weighted by atomic mass is 10.1. The molecule has 1 aromatic carbocycles. The van der Waals surface area contributed by atoms with Gasteiger partial charge in [0.2, 0.25) is 0 Å². The van der Waals surface area contributed by atoms with Gasteiger partial charge in [0.05, 0.1) is 6.20 Å². The molecule has 70 valence electrons. The van der Waals surface area contributed by atoms with Gasteiger partial charge in [0.25, 0.3) is 0 Å². The highest BCUT2D eigenvalue weighted by molar-refractivity contribution is 5.56. The van der Waals surface area contributed by atoms with Crippen molar-refractivity contribution in [3.05, 3.63) is 55.1 Å². The summed E-state index contributed by atoms with van der Waals surface area (Å²) in [5.74, 6) is 0.801. The number of nitrogens with zero attached hydrogens (tertiary/aromatic N) is 1. The third-order valence-corrected chi connectivity index (χ3v) is 2.05. The summed E-state index contributed by atoms with van der Waals surface area (Å²) in [6.45, 7) is 3.70. The standard InChI is InChI=1S/C12H11NO/c1-2-3-10-4-6-11(7-5-10)12-8-13-9-14-12/h2,4-9H,1,3H2. The molecule has 0 N–H and O–H groups in total. The van der Waals surface area contributed by atoms with Crippen molar-refractivity contribution in [2.24, 2.45) is 0 Å². The second-order valence-corrected chi connectivity index (χ2v) is 3.06. The van der Waals surface area contributed by atoms with Gasteiger partial charge in [-0.2, -0.15) is 0 Å². The zero-order chi connectivity index (χ0) is 9.80. The van der Waals surface area contributed by atoms with E-state index in [1.807, 2.05) is 18.2 Å². The predicted molar refractivity (Wildman–Crippen MR) is 55.8 cm³/mol. The monoisotopic (exact) mass is 185 g/mol. The first-order valence-corrected chi connectivity index (χ1v) is 4.49. The third-order valence-electron chi connectivity index (χ3n) is 2.05. The minimum absolute atomic E-state index is 0.801. The van der Waals surface area contributed by atoms with E-state index in [0.29, 0.717) is 0 Å². The van der Waals surface area contributed by atoms with E-state index in [1.165, 1.54) is 12.0 Å². The van der Waals surface area contributed by atoms with Crippen molar-refractivity contribution >= 4 is 0 Å². The fraction of sp³-hybridized carbons (Fsp3) is 0.0833. The number of hydrogen-bond donors (Lipinski definition) is 0. The highest BCUT2D eigenvalue weighted by Crippen LogP contribution is 2.18. The van der Waals surface area contributed by atoms with E-state index in [0.717, 1.165) is 17.7 Å². The molecule has 2 heteroatoms. The van der Waals surface area contributed by atoms with Crippen molar-refractivity contribution in [2.45, 2.75) is 6.42 Å². The van der Waals surface area contributed by atoms with E-state index in [9.17, 15) is 0 Å². The highest BCUT2D eigenvalue weighted by atomic mass is 16.3. The maximum absolute atomic E-state index is 5.19. The summed E-state index contributed by atoms with van der Waals surface area (Å²) in [6.07, 6.45) is 5.94. The summed E-state index contributed by atoms with van der Waals surface area (Å²) in [7, 11) is 0. The van der Waals surface area contributed by atoms with Crippen molar-refractivity contribution in [1.82, 2.24) is 4.98 Å². The Bertz CT molecular complexity index is 400. The van der Waals surface area contributed by atoms with Gasteiger partial charge in [-0.1, -0.05) is 30.3 Å². The molecule has 0 saturated heterocycles. The first kappa shape index (κ1) is 8.75. The van der Waals surface area contributed by atoms with Crippen molar-refractivity contribution in [1.29, 1.82) is 0 Å². The van der Waals surface area contributed by atoms with Crippen LogP contribution in [0.2, 0.25) is 0 Å². The number of allylic oxidation sites excluding steroid dienone is 1. The SMILES string of the molecule is C=CCc1ccc(-c2cnco2)cc1. The van der Waals surface area contributed by atoms with E-state index in [2.05, 4.69) is 23.7 Å². The largest absolute Gasteiger partial charge is 0.444 e. The number of oxazole rings is 1. The Balaban J connectivity index is 2.26. The molecule has 0 radical (unpaired) electrons. The van der Waals surface area contributed by atoms with Gasteiger partial charge in [-0.05, 0) is 12.0 Å². The average Bonchev–Trinajstić information content (AvgIpc) is 2.72. The average molecular weight is 185 g/mol. The summed E-state index contributed by atoms with van der Waals surface area (Å²) < 4.78 is 5.19. The Morgan fingerprint density at radius 3 is 2.64 bits per heavy atom. The van der Waals surface area contributed by atoms with Crippen LogP contribution in [0, 0.1) is 0 Å². The maximum atomic E-state index is 5.19. The number of rotatable bonds is 3. The van der Waals surface area contributed by atoms with Crippen LogP contribution in [0.4, 0.5) is 0 Å². The zero-order valence-electron chi connectivity index (χ0n) is 7.81. The Morgan fingerprint density at radius 1 is 1.29 bits per heavy atom. The summed E-state index contributed by atoms with van der Waals surface area (Å²) in [6, 6.07) is 8.19. The number of benzene rings is 1. The molecule has 14 heavy (non-hydrogen) atoms. The molecular formula is C12H11NO. The van der Waals surface area contributed by atoms with Crippen molar-refractivity contribution in [3.63, 3.8) is 0 Å². The minimum atomic E-state index is 0.801. The molecule has 0 unspecified atom stereocenters. The van der Waals surface area contributed by atoms with E-state index < -0.39 is 0 Å². The molecule has 0 saturated carbocycles. The molecule has 0 atom stereocenters. The fourth-order valence-electron chi connectivity index (χ4n) is 1.33. The second-order valence-electron chi connectivity index (χ2n) is 3.06. The molecular weight excluding hydrogens is 174 g/mol. The lowest BCUT2D eigenvalue weighted by Gasteiger charge is -1.98. The van der Waals surface area contributed by atoms with Gasteiger partial charge in [0.1, 0.15) is 0 Å². The van der Waals surface area contributed by atoms with E-state index in [1.54, 1.807) is 6.20 Å². The minimum Gasteiger partial charge on any atom is -0.444 e. The normalized spacial score (nSPS) is 10.0. The molecule has 1 heterocycles. The lowest BCUT2D eigenvalue weighted by molar-refractivity contribution is 0.572. The van der Waals surface area contributed by atoms with Crippen LogP contribution < -0.4 is 0 Å². The molecule has 0 aliphatic carbocycles. The van der Waals surface area contributed by atoms with Gasteiger partial charge in [0, 0.05) is 5.56 Å². The van der Waals surface area contributed by atoms with Gasteiger partial charge < -0.3 is 4.42 Å². The van der Waals surface area contributed by atoms with E-state index in [-0.39, 0.29) is 0 Å². The van der Waals surface area contributed by atoms with Crippen molar-refractivity contribution in [3.8, 4) is 11.3 Å². The first-order valence-electron chi connectivity index (χ1n) is 4.49. The quantitative estimate of drug-likeness (QED) is 0.687. The summed E-state index contributed by atoms with van der Waals surface area (Å²) in [5, 5.41) is 0. The maximum Gasteiger partial charge on any atom is 0.181 e. The smallest absolute Gasteiger partial charge is 0.181 e. The summed E-state index contributed by atoms with van der Waals surface area (Å²) in [4.78, 5) is 3.87. The topological polar surface area (TPSA) is 26.0 Å². The summed E-state index contributed by atoms with van der Waals surface area (Å²) >= 11 is 0. The first-order chi connectivity index (χ1) is 6.90.